The number of pyridine rings is 2. The van der Waals surface area contributed by atoms with Crippen molar-refractivity contribution in [2.24, 2.45) is 0 Å². The molecule has 10 rings (SSSR count). The second-order valence-electron chi connectivity index (χ2n) is 15.8. The Labute approximate surface area is 389 Å². The molecule has 308 valence electrons. The van der Waals surface area contributed by atoms with Gasteiger partial charge in [0.1, 0.15) is 0 Å². The molecule has 3 heterocycles. The van der Waals surface area contributed by atoms with Gasteiger partial charge in [0.05, 0.1) is 6.20 Å². The average molecular weight is 1000 g/mol. The molecular weight excluding hydrogens is 957 g/mol. The van der Waals surface area contributed by atoms with E-state index in [1.165, 1.54) is 44.5 Å². The van der Waals surface area contributed by atoms with Crippen molar-refractivity contribution in [3.63, 3.8) is 0 Å². The fraction of sp³-hybridized carbons (Fsp3) is 0.0678. The van der Waals surface area contributed by atoms with Gasteiger partial charge in [0.25, 0.3) is 0 Å². The number of benzene rings is 7. The Hall–Kier alpha value is -7.30. The van der Waals surface area contributed by atoms with Crippen molar-refractivity contribution in [3.05, 3.63) is 253 Å². The molecule has 0 aliphatic heterocycles. The van der Waals surface area contributed by atoms with Crippen molar-refractivity contribution in [1.82, 2.24) is 19.7 Å². The maximum Gasteiger partial charge on any atom is 3.00 e. The van der Waals surface area contributed by atoms with Gasteiger partial charge in [-0.1, -0.05) is 121 Å². The molecule has 0 atom stereocenters. The Balaban J connectivity index is 0.00000518. The molecular formula is C59H43IrN4. The Morgan fingerprint density at radius 3 is 1.66 bits per heavy atom. The van der Waals surface area contributed by atoms with Gasteiger partial charge in [0, 0.05) is 18.6 Å². The van der Waals surface area contributed by atoms with Crippen LogP contribution < -0.4 is 0 Å². The van der Waals surface area contributed by atoms with Crippen molar-refractivity contribution < 1.29 is 20.1 Å². The van der Waals surface area contributed by atoms with Crippen molar-refractivity contribution in [1.29, 1.82) is 0 Å². The maximum atomic E-state index is 5.01. The van der Waals surface area contributed by atoms with Crippen molar-refractivity contribution in [2.75, 3.05) is 0 Å². The van der Waals surface area contributed by atoms with E-state index in [9.17, 15) is 0 Å². The third-order valence-electron chi connectivity index (χ3n) is 11.6. The molecule has 0 spiro atoms. The number of aromatic nitrogens is 4. The van der Waals surface area contributed by atoms with Crippen LogP contribution in [0.15, 0.2) is 213 Å². The Morgan fingerprint density at radius 2 is 0.969 bits per heavy atom. The second-order valence-corrected chi connectivity index (χ2v) is 15.8. The van der Waals surface area contributed by atoms with Gasteiger partial charge in [-0.15, -0.1) is 77.4 Å². The first-order valence-corrected chi connectivity index (χ1v) is 21.5. The van der Waals surface area contributed by atoms with Crippen molar-refractivity contribution >= 4 is 0 Å². The predicted molar refractivity (Wildman–Crippen MR) is 256 cm³/mol. The summed E-state index contributed by atoms with van der Waals surface area (Å²) in [5, 5.41) is 4.64. The number of rotatable bonds is 13. The summed E-state index contributed by atoms with van der Waals surface area (Å²) in [5.41, 5.74) is 19.0. The van der Waals surface area contributed by atoms with E-state index >= 15 is 0 Å². The van der Waals surface area contributed by atoms with Crippen LogP contribution in [0.25, 0.3) is 72.7 Å². The smallest absolute Gasteiger partial charge is 0.304 e. The van der Waals surface area contributed by atoms with Gasteiger partial charge in [0.2, 0.25) is 0 Å². The van der Waals surface area contributed by atoms with E-state index in [2.05, 4.69) is 157 Å². The summed E-state index contributed by atoms with van der Waals surface area (Å²) in [6.45, 7) is 0. The molecule has 0 saturated heterocycles. The molecule has 10 aromatic rings. The van der Waals surface area contributed by atoms with Crippen LogP contribution in [0.3, 0.4) is 0 Å². The molecule has 0 aliphatic carbocycles. The molecule has 0 bridgehead atoms. The summed E-state index contributed by atoms with van der Waals surface area (Å²) in [5.74, 6) is 0. The van der Waals surface area contributed by atoms with Gasteiger partial charge < -0.3 is 9.97 Å². The van der Waals surface area contributed by atoms with Crippen LogP contribution in [-0.2, 0) is 45.8 Å². The predicted octanol–water partition coefficient (Wildman–Crippen LogP) is 13.6. The first kappa shape index (κ1) is 42.0. The summed E-state index contributed by atoms with van der Waals surface area (Å²) in [4.78, 5) is 9.79. The number of para-hydroxylation sites is 1. The Bertz CT molecular complexity index is 3070. The molecule has 4 nitrogen and oxygen atoms in total. The standard InChI is InChI=1S/C59H43N4.Ir/c1-4-13-47(14-5-1)48-28-30-49(31-29-48)51-17-12-18-52(38-51)59-34-32-53(41-61-59)56-21-10-11-22-57(56)54-36-44(24-23-43-27-33-58(60-39-43)50-15-6-2-7-16-50)35-45(37-54)25-26-46-40-62-63(42-46)55-19-8-3-9-20-55;/h1-15,17,19,21-22,27-42H,23-26H2;/q-3;+3. The molecule has 5 heteroatoms. The van der Waals surface area contributed by atoms with Crippen LogP contribution >= 0.6 is 0 Å². The van der Waals surface area contributed by atoms with Crippen molar-refractivity contribution in [3.8, 4) is 72.7 Å². The fourth-order valence-corrected chi connectivity index (χ4v) is 8.19. The molecule has 0 N–H and O–H groups in total. The molecule has 0 radical (unpaired) electrons. The van der Waals surface area contributed by atoms with E-state index in [0.29, 0.717) is 0 Å². The fourth-order valence-electron chi connectivity index (χ4n) is 8.19. The van der Waals surface area contributed by atoms with Crippen molar-refractivity contribution in [2.45, 2.75) is 25.7 Å². The van der Waals surface area contributed by atoms with Gasteiger partial charge in [-0.2, -0.15) is 29.4 Å². The number of aryl methyl sites for hydroxylation is 4. The Morgan fingerprint density at radius 1 is 0.375 bits per heavy atom. The third-order valence-corrected chi connectivity index (χ3v) is 11.6. The normalized spacial score (nSPS) is 10.9. The minimum Gasteiger partial charge on any atom is -0.304 e. The molecule has 7 aromatic carbocycles. The minimum absolute atomic E-state index is 0. The maximum absolute atomic E-state index is 5.01. The quantitative estimate of drug-likeness (QED) is 0.108. The van der Waals surface area contributed by atoms with E-state index in [4.69, 9.17) is 9.97 Å². The first-order valence-electron chi connectivity index (χ1n) is 21.5. The molecule has 64 heavy (non-hydrogen) atoms. The SMILES string of the molecule is [Ir+3].[c-]1ccccc1-c1ccc(CCc2cc(CCc3cnn(-c4[c-]cccc4)c3)cc(-c3ccccc3-c3ccc(-c4[c-]ccc(-c5ccc(-c6ccccc6)cc5)c4)nc3)c2)cn1. The van der Waals surface area contributed by atoms with E-state index < -0.39 is 0 Å². The molecule has 0 fully saturated rings. The van der Waals surface area contributed by atoms with Gasteiger partial charge in [0.15, 0.2) is 0 Å². The molecule has 0 unspecified atom stereocenters. The zero-order chi connectivity index (χ0) is 42.2. The summed E-state index contributed by atoms with van der Waals surface area (Å²) >= 11 is 0. The van der Waals surface area contributed by atoms with E-state index in [1.54, 1.807) is 0 Å². The van der Waals surface area contributed by atoms with E-state index in [-0.39, 0.29) is 20.1 Å². The zero-order valence-corrected chi connectivity index (χ0v) is 37.6. The first-order chi connectivity index (χ1) is 31.2. The van der Waals surface area contributed by atoms with Gasteiger partial charge in [-0.25, -0.2) is 0 Å². The van der Waals surface area contributed by atoms with Crippen LogP contribution in [0, 0.1) is 18.2 Å². The van der Waals surface area contributed by atoms with Gasteiger partial charge in [-0.05, 0) is 104 Å². The van der Waals surface area contributed by atoms with Crippen LogP contribution in [0.4, 0.5) is 0 Å². The summed E-state index contributed by atoms with van der Waals surface area (Å²) in [7, 11) is 0. The number of hydrogen-bond donors (Lipinski definition) is 0. The third kappa shape index (κ3) is 9.83. The molecule has 0 aliphatic rings. The largest absolute Gasteiger partial charge is 3.00 e. The summed E-state index contributed by atoms with van der Waals surface area (Å²) < 4.78 is 1.90. The molecule has 3 aromatic heterocycles. The summed E-state index contributed by atoms with van der Waals surface area (Å²) in [6, 6.07) is 75.8. The summed E-state index contributed by atoms with van der Waals surface area (Å²) in [6.07, 6.45) is 11.6. The van der Waals surface area contributed by atoms with Crippen LogP contribution in [0.5, 0.6) is 0 Å². The number of nitrogens with zero attached hydrogens (tertiary/aromatic N) is 4. The topological polar surface area (TPSA) is 43.6 Å². The van der Waals surface area contributed by atoms with E-state index in [0.717, 1.165) is 76.1 Å². The van der Waals surface area contributed by atoms with Crippen LogP contribution in [-0.4, -0.2) is 19.7 Å². The van der Waals surface area contributed by atoms with E-state index in [1.807, 2.05) is 83.9 Å². The van der Waals surface area contributed by atoms with Crippen LogP contribution in [0.2, 0.25) is 0 Å². The average Bonchev–Trinajstić information content (AvgIpc) is 3.86. The van der Waals surface area contributed by atoms with Gasteiger partial charge >= 0.3 is 20.1 Å². The van der Waals surface area contributed by atoms with Gasteiger partial charge in [-0.3, -0.25) is 4.68 Å². The van der Waals surface area contributed by atoms with Crippen LogP contribution in [0.1, 0.15) is 22.3 Å². The second kappa shape index (κ2) is 19.8. The zero-order valence-electron chi connectivity index (χ0n) is 35.2. The minimum atomic E-state index is 0. The Kier molecular flexibility index (Phi) is 13.0. The molecule has 0 saturated carbocycles. The molecule has 0 amide bonds. The number of hydrogen-bond acceptors (Lipinski definition) is 3. The monoisotopic (exact) mass is 1000 g/mol.